The fraction of sp³-hybridized carbons (Fsp3) is 0.417. The number of benzene rings is 1. The van der Waals surface area contributed by atoms with Crippen molar-refractivity contribution in [3.8, 4) is 5.75 Å². The predicted molar refractivity (Wildman–Crippen MR) is 64.8 cm³/mol. The summed E-state index contributed by atoms with van der Waals surface area (Å²) in [7, 11) is 1.20. The Morgan fingerprint density at radius 1 is 1.33 bits per heavy atom. The van der Waals surface area contributed by atoms with Gasteiger partial charge in [-0.25, -0.2) is 4.79 Å². The van der Waals surface area contributed by atoms with E-state index in [9.17, 15) is 14.9 Å². The van der Waals surface area contributed by atoms with E-state index in [0.29, 0.717) is 5.56 Å². The Bertz CT molecular complexity index is 476. The molecule has 6 heteroatoms. The number of hydrogen-bond donors (Lipinski definition) is 0. The molecule has 0 unspecified atom stereocenters. The fourth-order valence-electron chi connectivity index (χ4n) is 1.44. The first-order valence-corrected chi connectivity index (χ1v) is 5.30. The van der Waals surface area contributed by atoms with Gasteiger partial charge in [0.25, 0.3) is 5.69 Å². The van der Waals surface area contributed by atoms with E-state index in [1.54, 1.807) is 0 Å². The molecule has 0 bridgehead atoms. The summed E-state index contributed by atoms with van der Waals surface area (Å²) >= 11 is 0. The largest absolute Gasteiger partial charge is 0.513 e. The highest BCUT2D eigenvalue weighted by atomic mass is 16.7. The van der Waals surface area contributed by atoms with Gasteiger partial charge in [0.2, 0.25) is 0 Å². The van der Waals surface area contributed by atoms with E-state index >= 15 is 0 Å². The van der Waals surface area contributed by atoms with Gasteiger partial charge >= 0.3 is 6.16 Å². The van der Waals surface area contributed by atoms with E-state index in [1.165, 1.54) is 25.3 Å². The Balaban J connectivity index is 3.26. The number of hydrogen-bond acceptors (Lipinski definition) is 5. The van der Waals surface area contributed by atoms with E-state index in [1.807, 2.05) is 20.8 Å². The third kappa shape index (κ3) is 3.19. The summed E-state index contributed by atoms with van der Waals surface area (Å²) in [6.45, 7) is 5.61. The number of nitro groups is 1. The van der Waals surface area contributed by atoms with Crippen molar-refractivity contribution in [1.82, 2.24) is 0 Å². The number of rotatable bonds is 2. The summed E-state index contributed by atoms with van der Waals surface area (Å²) in [5, 5.41) is 10.7. The van der Waals surface area contributed by atoms with E-state index < -0.39 is 16.5 Å². The van der Waals surface area contributed by atoms with Crippen molar-refractivity contribution >= 4 is 11.8 Å². The molecule has 0 aliphatic carbocycles. The van der Waals surface area contributed by atoms with Crippen LogP contribution >= 0.6 is 0 Å². The van der Waals surface area contributed by atoms with Crippen LogP contribution in [0.5, 0.6) is 5.75 Å². The smallest absolute Gasteiger partial charge is 0.437 e. The highest BCUT2D eigenvalue weighted by molar-refractivity contribution is 5.65. The Morgan fingerprint density at radius 2 is 1.94 bits per heavy atom. The first-order valence-electron chi connectivity index (χ1n) is 5.30. The van der Waals surface area contributed by atoms with Crippen molar-refractivity contribution in [1.29, 1.82) is 0 Å². The molecule has 0 atom stereocenters. The van der Waals surface area contributed by atoms with Gasteiger partial charge in [-0.3, -0.25) is 10.1 Å². The van der Waals surface area contributed by atoms with Crippen LogP contribution in [0.1, 0.15) is 26.3 Å². The fourth-order valence-corrected chi connectivity index (χ4v) is 1.44. The Morgan fingerprint density at radius 3 is 2.39 bits per heavy atom. The topological polar surface area (TPSA) is 78.7 Å². The van der Waals surface area contributed by atoms with Gasteiger partial charge in [0.05, 0.1) is 12.0 Å². The Kier molecular flexibility index (Phi) is 3.90. The van der Waals surface area contributed by atoms with Gasteiger partial charge in [-0.2, -0.15) is 0 Å². The third-order valence-corrected chi connectivity index (χ3v) is 2.34. The summed E-state index contributed by atoms with van der Waals surface area (Å²) in [4.78, 5) is 21.4. The Hall–Kier alpha value is -2.11. The molecule has 1 rings (SSSR count). The van der Waals surface area contributed by atoms with Crippen LogP contribution in [0.3, 0.4) is 0 Å². The molecule has 0 amide bonds. The van der Waals surface area contributed by atoms with Crippen LogP contribution in [-0.2, 0) is 10.2 Å². The van der Waals surface area contributed by atoms with E-state index in [0.717, 1.165) is 0 Å². The molecule has 98 valence electrons. The lowest BCUT2D eigenvalue weighted by molar-refractivity contribution is -0.385. The van der Waals surface area contributed by atoms with E-state index in [4.69, 9.17) is 4.74 Å². The molecule has 0 N–H and O–H groups in total. The summed E-state index contributed by atoms with van der Waals surface area (Å²) in [5.41, 5.74) is 0.134. The molecule has 18 heavy (non-hydrogen) atoms. The Labute approximate surface area is 105 Å². The van der Waals surface area contributed by atoms with Crippen LogP contribution in [0.4, 0.5) is 10.5 Å². The van der Waals surface area contributed by atoms with Crippen molar-refractivity contribution in [3.63, 3.8) is 0 Å². The number of ether oxygens (including phenoxy) is 2. The van der Waals surface area contributed by atoms with Gasteiger partial charge < -0.3 is 9.47 Å². The normalized spacial score (nSPS) is 10.9. The second-order valence-corrected chi connectivity index (χ2v) is 4.74. The molecule has 0 aromatic heterocycles. The minimum absolute atomic E-state index is 0.0443. The van der Waals surface area contributed by atoms with Crippen molar-refractivity contribution in [2.24, 2.45) is 0 Å². The van der Waals surface area contributed by atoms with Gasteiger partial charge in [-0.15, -0.1) is 0 Å². The van der Waals surface area contributed by atoms with Gasteiger partial charge in [-0.1, -0.05) is 20.8 Å². The van der Waals surface area contributed by atoms with Crippen LogP contribution in [0, 0.1) is 10.1 Å². The van der Waals surface area contributed by atoms with Gasteiger partial charge in [0.1, 0.15) is 5.75 Å². The first-order chi connectivity index (χ1) is 8.25. The number of nitrogens with zero attached hydrogens (tertiary/aromatic N) is 1. The maximum Gasteiger partial charge on any atom is 0.513 e. The van der Waals surface area contributed by atoms with Crippen molar-refractivity contribution in [2.45, 2.75) is 26.2 Å². The SMILES string of the molecule is COC(=O)Oc1ccc([N+](=O)[O-])cc1C(C)(C)C. The number of carbonyl (C=O) groups is 1. The summed E-state index contributed by atoms with van der Waals surface area (Å²) in [6, 6.07) is 4.08. The van der Waals surface area contributed by atoms with Crippen LogP contribution in [0.15, 0.2) is 18.2 Å². The molecule has 0 aliphatic rings. The molecule has 0 fully saturated rings. The average Bonchev–Trinajstić information content (AvgIpc) is 2.27. The molecule has 0 aliphatic heterocycles. The molecular formula is C12H15NO5. The quantitative estimate of drug-likeness (QED) is 0.350. The predicted octanol–water partition coefficient (Wildman–Crippen LogP) is 3.04. The van der Waals surface area contributed by atoms with Gasteiger partial charge in [0, 0.05) is 17.7 Å². The van der Waals surface area contributed by atoms with Crippen LogP contribution in [0.2, 0.25) is 0 Å². The maximum absolute atomic E-state index is 11.1. The lowest BCUT2D eigenvalue weighted by atomic mass is 9.86. The molecule has 1 aromatic rings. The van der Waals surface area contributed by atoms with Crippen molar-refractivity contribution in [2.75, 3.05) is 7.11 Å². The minimum atomic E-state index is -0.852. The standard InChI is InChI=1S/C12H15NO5/c1-12(2,3)9-7-8(13(15)16)5-6-10(9)18-11(14)17-4/h5-7H,1-4H3. The summed E-state index contributed by atoms with van der Waals surface area (Å²) in [6.07, 6.45) is -0.852. The molecule has 0 saturated heterocycles. The van der Waals surface area contributed by atoms with Crippen molar-refractivity contribution < 1.29 is 19.2 Å². The second-order valence-electron chi connectivity index (χ2n) is 4.74. The highest BCUT2D eigenvalue weighted by Gasteiger charge is 2.23. The molecule has 0 spiro atoms. The molecule has 0 saturated carbocycles. The van der Waals surface area contributed by atoms with Crippen LogP contribution in [0.25, 0.3) is 0 Å². The lowest BCUT2D eigenvalue weighted by Gasteiger charge is -2.21. The van der Waals surface area contributed by atoms with Crippen LogP contribution in [-0.4, -0.2) is 18.2 Å². The first kappa shape index (κ1) is 14.0. The number of carbonyl (C=O) groups excluding carboxylic acids is 1. The van der Waals surface area contributed by atoms with Gasteiger partial charge in [-0.05, 0) is 11.5 Å². The molecule has 1 aromatic carbocycles. The van der Waals surface area contributed by atoms with E-state index in [2.05, 4.69) is 4.74 Å². The van der Waals surface area contributed by atoms with Crippen molar-refractivity contribution in [3.05, 3.63) is 33.9 Å². The molecule has 0 radical (unpaired) electrons. The molecular weight excluding hydrogens is 238 g/mol. The zero-order chi connectivity index (χ0) is 13.9. The summed E-state index contributed by atoms with van der Waals surface area (Å²) < 4.78 is 9.38. The lowest BCUT2D eigenvalue weighted by Crippen LogP contribution is -2.16. The highest BCUT2D eigenvalue weighted by Crippen LogP contribution is 2.34. The van der Waals surface area contributed by atoms with Gasteiger partial charge in [0.15, 0.2) is 0 Å². The average molecular weight is 253 g/mol. The zero-order valence-corrected chi connectivity index (χ0v) is 10.7. The second kappa shape index (κ2) is 5.03. The number of methoxy groups -OCH3 is 1. The zero-order valence-electron chi connectivity index (χ0n) is 10.7. The maximum atomic E-state index is 11.1. The number of nitro benzene ring substituents is 1. The number of non-ortho nitro benzene ring substituents is 1. The van der Waals surface area contributed by atoms with E-state index in [-0.39, 0.29) is 11.4 Å². The third-order valence-electron chi connectivity index (χ3n) is 2.34. The summed E-state index contributed by atoms with van der Waals surface area (Å²) in [5.74, 6) is 0.264. The monoisotopic (exact) mass is 253 g/mol. The molecule has 0 heterocycles. The molecule has 6 nitrogen and oxygen atoms in total. The van der Waals surface area contributed by atoms with Crippen LogP contribution < -0.4 is 4.74 Å². The minimum Gasteiger partial charge on any atom is -0.437 e.